The number of carbonyl (C=O) groups excluding carboxylic acids is 2. The van der Waals surface area contributed by atoms with Gasteiger partial charge in [0.05, 0.1) is 5.69 Å². The second-order valence-electron chi connectivity index (χ2n) is 6.21. The van der Waals surface area contributed by atoms with E-state index in [4.69, 9.17) is 5.26 Å². The van der Waals surface area contributed by atoms with Crippen LogP contribution in [0.1, 0.15) is 38.2 Å². The predicted octanol–water partition coefficient (Wildman–Crippen LogP) is 1.92. The van der Waals surface area contributed by atoms with E-state index in [1.54, 1.807) is 6.07 Å². The highest BCUT2D eigenvalue weighted by Crippen LogP contribution is 2.27. The van der Waals surface area contributed by atoms with Crippen molar-refractivity contribution in [3.8, 4) is 6.07 Å². The summed E-state index contributed by atoms with van der Waals surface area (Å²) < 4.78 is 13.5. The van der Waals surface area contributed by atoms with Crippen LogP contribution in [-0.2, 0) is 9.59 Å². The number of halogens is 1. The van der Waals surface area contributed by atoms with Crippen LogP contribution < -0.4 is 16.0 Å². The van der Waals surface area contributed by atoms with Crippen LogP contribution in [-0.4, -0.2) is 30.9 Å². The first-order chi connectivity index (χ1) is 12.0. The molecule has 6 nitrogen and oxygen atoms in total. The molecule has 0 heterocycles. The Morgan fingerprint density at radius 1 is 1.32 bits per heavy atom. The van der Waals surface area contributed by atoms with E-state index < -0.39 is 11.9 Å². The standard InChI is InChI=1S/C18H23FN4O2/c1-12(24)23-17(13-5-2-3-6-13)18(25)22-10-9-21-16-8-4-7-15(19)14(16)11-20/h4,7-8,13,17,21H,2-3,5-6,9-10H2,1H3,(H,22,25)(H,23,24). The van der Waals surface area contributed by atoms with Crippen molar-refractivity contribution in [3.63, 3.8) is 0 Å². The van der Waals surface area contributed by atoms with Crippen molar-refractivity contribution in [2.24, 2.45) is 5.92 Å². The van der Waals surface area contributed by atoms with Crippen molar-refractivity contribution < 1.29 is 14.0 Å². The summed E-state index contributed by atoms with van der Waals surface area (Å²) >= 11 is 0. The fraction of sp³-hybridized carbons (Fsp3) is 0.500. The monoisotopic (exact) mass is 346 g/mol. The van der Waals surface area contributed by atoms with Gasteiger partial charge in [-0.1, -0.05) is 18.9 Å². The van der Waals surface area contributed by atoms with E-state index in [0.29, 0.717) is 18.8 Å². The topological polar surface area (TPSA) is 94.0 Å². The minimum atomic E-state index is -0.580. The van der Waals surface area contributed by atoms with Crippen LogP contribution in [0.25, 0.3) is 0 Å². The van der Waals surface area contributed by atoms with Gasteiger partial charge in [-0.05, 0) is 30.9 Å². The number of hydrogen-bond donors (Lipinski definition) is 3. The van der Waals surface area contributed by atoms with Crippen molar-refractivity contribution in [2.75, 3.05) is 18.4 Å². The van der Waals surface area contributed by atoms with Crippen molar-refractivity contribution in [2.45, 2.75) is 38.6 Å². The molecule has 2 amide bonds. The Bertz CT molecular complexity index is 666. The lowest BCUT2D eigenvalue weighted by Gasteiger charge is -2.23. The number of anilines is 1. The van der Waals surface area contributed by atoms with E-state index in [9.17, 15) is 14.0 Å². The molecule has 1 aromatic carbocycles. The van der Waals surface area contributed by atoms with Crippen LogP contribution in [0, 0.1) is 23.1 Å². The molecule has 2 rings (SSSR count). The van der Waals surface area contributed by atoms with Gasteiger partial charge >= 0.3 is 0 Å². The zero-order chi connectivity index (χ0) is 18.2. The molecule has 0 radical (unpaired) electrons. The summed E-state index contributed by atoms with van der Waals surface area (Å²) in [6.45, 7) is 2.06. The van der Waals surface area contributed by atoms with E-state index in [-0.39, 0.29) is 23.3 Å². The SMILES string of the molecule is CC(=O)NC(C(=O)NCCNc1cccc(F)c1C#N)C1CCCC1. The van der Waals surface area contributed by atoms with Crippen LogP contribution >= 0.6 is 0 Å². The maximum absolute atomic E-state index is 13.5. The van der Waals surface area contributed by atoms with Crippen molar-refractivity contribution in [1.82, 2.24) is 10.6 Å². The summed E-state index contributed by atoms with van der Waals surface area (Å²) in [5.41, 5.74) is 0.349. The lowest BCUT2D eigenvalue weighted by Crippen LogP contribution is -2.50. The Balaban J connectivity index is 1.85. The fourth-order valence-corrected chi connectivity index (χ4v) is 3.19. The summed E-state index contributed by atoms with van der Waals surface area (Å²) in [7, 11) is 0. The van der Waals surface area contributed by atoms with Gasteiger partial charge in [0.2, 0.25) is 11.8 Å². The summed E-state index contributed by atoms with van der Waals surface area (Å²) in [4.78, 5) is 23.8. The molecule has 1 aliphatic carbocycles. The van der Waals surface area contributed by atoms with Gasteiger partial charge in [0.1, 0.15) is 23.5 Å². The third-order valence-corrected chi connectivity index (χ3v) is 4.38. The third kappa shape index (κ3) is 5.18. The fourth-order valence-electron chi connectivity index (χ4n) is 3.19. The van der Waals surface area contributed by atoms with Crippen LogP contribution in [0.15, 0.2) is 18.2 Å². The summed E-state index contributed by atoms with van der Waals surface area (Å²) in [5.74, 6) is -0.832. The second kappa shape index (κ2) is 9.02. The van der Waals surface area contributed by atoms with Crippen LogP contribution in [0.5, 0.6) is 0 Å². The highest BCUT2D eigenvalue weighted by Gasteiger charge is 2.30. The minimum absolute atomic E-state index is 0.0455. The van der Waals surface area contributed by atoms with Crippen molar-refractivity contribution >= 4 is 17.5 Å². The molecule has 1 unspecified atom stereocenters. The maximum Gasteiger partial charge on any atom is 0.242 e. The molecular weight excluding hydrogens is 323 g/mol. The summed E-state index contributed by atoms with van der Waals surface area (Å²) in [6, 6.07) is 5.67. The highest BCUT2D eigenvalue weighted by atomic mass is 19.1. The molecule has 3 N–H and O–H groups in total. The van der Waals surface area contributed by atoms with Gasteiger partial charge in [-0.25, -0.2) is 4.39 Å². The molecule has 134 valence electrons. The molecule has 0 spiro atoms. The maximum atomic E-state index is 13.5. The quantitative estimate of drug-likeness (QED) is 0.658. The molecule has 25 heavy (non-hydrogen) atoms. The first kappa shape index (κ1) is 18.7. The van der Waals surface area contributed by atoms with Gasteiger partial charge in [-0.2, -0.15) is 5.26 Å². The number of nitrogens with zero attached hydrogens (tertiary/aromatic N) is 1. The van der Waals surface area contributed by atoms with Crippen LogP contribution in [0.4, 0.5) is 10.1 Å². The van der Waals surface area contributed by atoms with Gasteiger partial charge in [0.25, 0.3) is 0 Å². The van der Waals surface area contributed by atoms with E-state index >= 15 is 0 Å². The molecule has 0 aliphatic heterocycles. The first-order valence-corrected chi connectivity index (χ1v) is 8.50. The van der Waals surface area contributed by atoms with Gasteiger partial charge in [-0.3, -0.25) is 9.59 Å². The second-order valence-corrected chi connectivity index (χ2v) is 6.21. The lowest BCUT2D eigenvalue weighted by molar-refractivity contribution is -0.129. The van der Waals surface area contributed by atoms with E-state index in [1.807, 2.05) is 6.07 Å². The molecular formula is C18H23FN4O2. The van der Waals surface area contributed by atoms with Gasteiger partial charge in [0.15, 0.2) is 0 Å². The molecule has 1 fully saturated rings. The van der Waals surface area contributed by atoms with E-state index in [0.717, 1.165) is 25.7 Å². The molecule has 1 aromatic rings. The highest BCUT2D eigenvalue weighted by molar-refractivity contribution is 5.87. The van der Waals surface area contributed by atoms with E-state index in [1.165, 1.54) is 19.1 Å². The summed E-state index contributed by atoms with van der Waals surface area (Å²) in [5, 5.41) is 17.5. The van der Waals surface area contributed by atoms with Crippen molar-refractivity contribution in [3.05, 3.63) is 29.6 Å². The number of carbonyl (C=O) groups is 2. The van der Waals surface area contributed by atoms with Gasteiger partial charge in [0, 0.05) is 20.0 Å². The Morgan fingerprint density at radius 2 is 2.04 bits per heavy atom. The van der Waals surface area contributed by atoms with E-state index in [2.05, 4.69) is 16.0 Å². The molecule has 0 aromatic heterocycles. The normalized spacial score (nSPS) is 15.2. The number of nitrogens with one attached hydrogen (secondary N) is 3. The number of amides is 2. The Kier molecular flexibility index (Phi) is 6.75. The lowest BCUT2D eigenvalue weighted by atomic mass is 9.97. The number of benzene rings is 1. The predicted molar refractivity (Wildman–Crippen MR) is 92.2 cm³/mol. The summed E-state index contributed by atoms with van der Waals surface area (Å²) in [6.07, 6.45) is 4.02. The Labute approximate surface area is 146 Å². The zero-order valence-corrected chi connectivity index (χ0v) is 14.3. The number of rotatable bonds is 7. The molecule has 0 saturated heterocycles. The smallest absolute Gasteiger partial charge is 0.242 e. The Hall–Kier alpha value is -2.62. The van der Waals surface area contributed by atoms with Crippen LogP contribution in [0.2, 0.25) is 0 Å². The first-order valence-electron chi connectivity index (χ1n) is 8.50. The molecule has 7 heteroatoms. The van der Waals surface area contributed by atoms with Crippen molar-refractivity contribution in [1.29, 1.82) is 5.26 Å². The largest absolute Gasteiger partial charge is 0.382 e. The third-order valence-electron chi connectivity index (χ3n) is 4.38. The molecule has 1 saturated carbocycles. The Morgan fingerprint density at radius 3 is 2.68 bits per heavy atom. The van der Waals surface area contributed by atoms with Crippen LogP contribution in [0.3, 0.4) is 0 Å². The minimum Gasteiger partial charge on any atom is -0.382 e. The molecule has 1 atom stereocenters. The average molecular weight is 346 g/mol. The van der Waals surface area contributed by atoms with Gasteiger partial charge < -0.3 is 16.0 Å². The average Bonchev–Trinajstić information content (AvgIpc) is 3.10. The number of nitriles is 1. The molecule has 0 bridgehead atoms. The molecule has 1 aliphatic rings. The zero-order valence-electron chi connectivity index (χ0n) is 14.3. The van der Waals surface area contributed by atoms with Gasteiger partial charge in [-0.15, -0.1) is 0 Å². The number of hydrogen-bond acceptors (Lipinski definition) is 4.